The van der Waals surface area contributed by atoms with Crippen molar-refractivity contribution >= 4 is 10.9 Å². The van der Waals surface area contributed by atoms with Crippen molar-refractivity contribution < 1.29 is 9.84 Å². The molecule has 0 spiro atoms. The summed E-state index contributed by atoms with van der Waals surface area (Å²) < 4.78 is 9.35. The molecule has 1 saturated heterocycles. The van der Waals surface area contributed by atoms with Crippen LogP contribution in [0, 0.1) is 0 Å². The number of fused-ring (bicyclic) bond motifs is 1. The van der Waals surface area contributed by atoms with Crippen molar-refractivity contribution in [2.75, 3.05) is 19.6 Å². The molecule has 3 heterocycles. The molecule has 0 unspecified atom stereocenters. The predicted molar refractivity (Wildman–Crippen MR) is 123 cm³/mol. The molecule has 4 aromatic rings. The van der Waals surface area contributed by atoms with Crippen LogP contribution in [0.25, 0.3) is 16.6 Å². The maximum atomic E-state index is 12.7. The number of aliphatic hydroxyl groups excluding tert-OH is 1. The summed E-state index contributed by atoms with van der Waals surface area (Å²) in [4.78, 5) is 15.0. The number of aromatic nitrogens is 3. The molecule has 1 aliphatic heterocycles. The second-order valence-corrected chi connectivity index (χ2v) is 8.20. The zero-order valence-corrected chi connectivity index (χ0v) is 17.8. The second-order valence-electron chi connectivity index (χ2n) is 8.20. The van der Waals surface area contributed by atoms with Crippen molar-refractivity contribution in [2.45, 2.75) is 25.7 Å². The van der Waals surface area contributed by atoms with Gasteiger partial charge in [0, 0.05) is 43.0 Å². The van der Waals surface area contributed by atoms with Gasteiger partial charge in [-0.25, -0.2) is 0 Å². The van der Waals surface area contributed by atoms with Gasteiger partial charge in [0.15, 0.2) is 0 Å². The maximum Gasteiger partial charge on any atom is 0.258 e. The van der Waals surface area contributed by atoms with E-state index in [0.717, 1.165) is 54.8 Å². The van der Waals surface area contributed by atoms with Crippen LogP contribution in [0.1, 0.15) is 12.0 Å². The molecule has 5 rings (SSSR count). The van der Waals surface area contributed by atoms with Crippen LogP contribution < -0.4 is 10.3 Å². The Bertz CT molecular complexity index is 1270. The minimum absolute atomic E-state index is 0.144. The molecule has 0 radical (unpaired) electrons. The van der Waals surface area contributed by atoms with E-state index in [-0.39, 0.29) is 11.7 Å². The first-order valence-corrected chi connectivity index (χ1v) is 10.9. The van der Waals surface area contributed by atoms with E-state index in [0.29, 0.717) is 12.4 Å². The molecular formula is C25H26N4O3. The average molecular weight is 431 g/mol. The molecule has 32 heavy (non-hydrogen) atoms. The Kier molecular flexibility index (Phi) is 5.75. The molecule has 0 saturated carbocycles. The van der Waals surface area contributed by atoms with Crippen LogP contribution in [0.2, 0.25) is 0 Å². The van der Waals surface area contributed by atoms with Gasteiger partial charge in [0.25, 0.3) is 5.56 Å². The fraction of sp³-hybridized carbons (Fsp3) is 0.280. The van der Waals surface area contributed by atoms with E-state index in [4.69, 9.17) is 4.74 Å². The molecule has 0 bridgehead atoms. The van der Waals surface area contributed by atoms with Crippen molar-refractivity contribution in [3.8, 4) is 11.4 Å². The number of hydrogen-bond donors (Lipinski definition) is 1. The summed E-state index contributed by atoms with van der Waals surface area (Å²) in [5.74, 6) is 0.552. The number of nitrogens with zero attached hydrogens (tertiary/aromatic N) is 4. The number of rotatable bonds is 7. The van der Waals surface area contributed by atoms with E-state index >= 15 is 0 Å². The highest BCUT2D eigenvalue weighted by Crippen LogP contribution is 2.19. The van der Waals surface area contributed by atoms with E-state index in [9.17, 15) is 9.90 Å². The lowest BCUT2D eigenvalue weighted by Gasteiger charge is -2.15. The summed E-state index contributed by atoms with van der Waals surface area (Å²) in [6.07, 6.45) is 4.21. The Morgan fingerprint density at radius 3 is 2.72 bits per heavy atom. The Morgan fingerprint density at radius 2 is 1.94 bits per heavy atom. The summed E-state index contributed by atoms with van der Waals surface area (Å²) in [5.41, 5.74) is 2.73. The van der Waals surface area contributed by atoms with Gasteiger partial charge >= 0.3 is 0 Å². The number of benzene rings is 2. The van der Waals surface area contributed by atoms with Gasteiger partial charge in [-0.3, -0.25) is 18.9 Å². The molecule has 7 nitrogen and oxygen atoms in total. The standard InChI is InChI=1S/C25H26N4O3/c30-22-8-10-27(17-22)12-13-29-24-7-6-21(14-20(24)16-26-29)28-11-9-23(15-25(28)31)32-18-19-4-2-1-3-5-19/h1-7,9,11,14-16,22,30H,8,10,12-13,17-18H2/t22-/m1/s1. The highest BCUT2D eigenvalue weighted by molar-refractivity contribution is 5.80. The van der Waals surface area contributed by atoms with E-state index in [1.807, 2.05) is 65.5 Å². The van der Waals surface area contributed by atoms with Crippen molar-refractivity contribution in [2.24, 2.45) is 0 Å². The quantitative estimate of drug-likeness (QED) is 0.488. The SMILES string of the molecule is O=c1cc(OCc2ccccc2)ccn1-c1ccc2c(cnn2CCN2CC[C@@H](O)C2)c1. The Labute approximate surface area is 186 Å². The van der Waals surface area contributed by atoms with Crippen LogP contribution in [0.15, 0.2) is 77.9 Å². The van der Waals surface area contributed by atoms with E-state index in [1.165, 1.54) is 6.07 Å². The van der Waals surface area contributed by atoms with Crippen molar-refractivity contribution in [1.29, 1.82) is 0 Å². The van der Waals surface area contributed by atoms with Crippen molar-refractivity contribution in [3.05, 3.63) is 89.0 Å². The number of likely N-dealkylation sites (tertiary alicyclic amines) is 1. The van der Waals surface area contributed by atoms with Crippen LogP contribution in [-0.2, 0) is 13.2 Å². The van der Waals surface area contributed by atoms with Gasteiger partial charge in [-0.2, -0.15) is 5.10 Å². The van der Waals surface area contributed by atoms with Crippen molar-refractivity contribution in [3.63, 3.8) is 0 Å². The first kappa shape index (κ1) is 20.5. The van der Waals surface area contributed by atoms with Crippen LogP contribution in [0.3, 0.4) is 0 Å². The number of β-amino-alcohol motifs (C(OH)–C–C–N with tert-alkyl or cyclic N) is 1. The molecule has 1 N–H and O–H groups in total. The third kappa shape index (κ3) is 4.44. The minimum atomic E-state index is -0.208. The zero-order chi connectivity index (χ0) is 21.9. The van der Waals surface area contributed by atoms with Crippen LogP contribution in [0.4, 0.5) is 0 Å². The largest absolute Gasteiger partial charge is 0.489 e. The first-order chi connectivity index (χ1) is 15.7. The van der Waals surface area contributed by atoms with Gasteiger partial charge in [-0.1, -0.05) is 30.3 Å². The average Bonchev–Trinajstić information content (AvgIpc) is 3.42. The summed E-state index contributed by atoms with van der Waals surface area (Å²) in [5, 5.41) is 15.2. The normalized spacial score (nSPS) is 16.6. The van der Waals surface area contributed by atoms with E-state index in [2.05, 4.69) is 10.00 Å². The first-order valence-electron chi connectivity index (χ1n) is 10.9. The second kappa shape index (κ2) is 8.98. The molecule has 164 valence electrons. The monoisotopic (exact) mass is 430 g/mol. The van der Waals surface area contributed by atoms with Gasteiger partial charge < -0.3 is 9.84 Å². The zero-order valence-electron chi connectivity index (χ0n) is 17.8. The summed E-state index contributed by atoms with van der Waals surface area (Å²) in [6, 6.07) is 19.1. The number of ether oxygens (including phenoxy) is 1. The van der Waals surface area contributed by atoms with Gasteiger partial charge in [-0.15, -0.1) is 0 Å². The van der Waals surface area contributed by atoms with E-state index in [1.54, 1.807) is 10.8 Å². The lowest BCUT2D eigenvalue weighted by Crippen LogP contribution is -2.26. The topological polar surface area (TPSA) is 72.5 Å². The Morgan fingerprint density at radius 1 is 1.06 bits per heavy atom. The molecule has 2 aromatic heterocycles. The molecule has 7 heteroatoms. The molecule has 2 aromatic carbocycles. The number of aliphatic hydroxyl groups is 1. The summed E-state index contributed by atoms with van der Waals surface area (Å²) in [6.45, 7) is 3.71. The Balaban J connectivity index is 1.29. The van der Waals surface area contributed by atoms with Crippen LogP contribution in [0.5, 0.6) is 5.75 Å². The molecule has 1 aliphatic rings. The highest BCUT2D eigenvalue weighted by Gasteiger charge is 2.19. The van der Waals surface area contributed by atoms with Crippen LogP contribution in [-0.4, -0.2) is 50.1 Å². The molecular weight excluding hydrogens is 404 g/mol. The fourth-order valence-corrected chi connectivity index (χ4v) is 4.16. The lowest BCUT2D eigenvalue weighted by atomic mass is 10.2. The van der Waals surface area contributed by atoms with E-state index < -0.39 is 0 Å². The molecule has 1 fully saturated rings. The third-order valence-electron chi connectivity index (χ3n) is 5.92. The Hall–Kier alpha value is -3.42. The molecule has 1 atom stereocenters. The number of pyridine rings is 1. The summed E-state index contributed by atoms with van der Waals surface area (Å²) in [7, 11) is 0. The van der Waals surface area contributed by atoms with Gasteiger partial charge in [-0.05, 0) is 36.2 Å². The van der Waals surface area contributed by atoms with Gasteiger partial charge in [0.05, 0.1) is 24.4 Å². The van der Waals surface area contributed by atoms with Crippen LogP contribution >= 0.6 is 0 Å². The minimum Gasteiger partial charge on any atom is -0.489 e. The predicted octanol–water partition coefficient (Wildman–Crippen LogP) is 2.83. The van der Waals surface area contributed by atoms with Gasteiger partial charge in [0.2, 0.25) is 0 Å². The maximum absolute atomic E-state index is 12.7. The lowest BCUT2D eigenvalue weighted by molar-refractivity contribution is 0.175. The number of hydrogen-bond acceptors (Lipinski definition) is 5. The fourth-order valence-electron chi connectivity index (χ4n) is 4.16. The highest BCUT2D eigenvalue weighted by atomic mass is 16.5. The third-order valence-corrected chi connectivity index (χ3v) is 5.92. The summed E-state index contributed by atoms with van der Waals surface area (Å²) >= 11 is 0. The van der Waals surface area contributed by atoms with Crippen molar-refractivity contribution in [1.82, 2.24) is 19.2 Å². The molecule has 0 aliphatic carbocycles. The van der Waals surface area contributed by atoms with Gasteiger partial charge in [0.1, 0.15) is 12.4 Å². The smallest absolute Gasteiger partial charge is 0.258 e. The molecule has 0 amide bonds.